The van der Waals surface area contributed by atoms with Gasteiger partial charge < -0.3 is 5.32 Å². The van der Waals surface area contributed by atoms with Gasteiger partial charge in [-0.3, -0.25) is 0 Å². The van der Waals surface area contributed by atoms with Crippen molar-refractivity contribution in [2.24, 2.45) is 23.2 Å². The first-order chi connectivity index (χ1) is 8.47. The molecule has 0 aromatic carbocycles. The maximum Gasteiger partial charge on any atom is 0.0103 e. The highest BCUT2D eigenvalue weighted by Crippen LogP contribution is 2.46. The van der Waals surface area contributed by atoms with Crippen LogP contribution in [0.4, 0.5) is 0 Å². The van der Waals surface area contributed by atoms with Gasteiger partial charge in [0.25, 0.3) is 0 Å². The van der Waals surface area contributed by atoms with E-state index in [-0.39, 0.29) is 0 Å². The Morgan fingerprint density at radius 2 is 1.72 bits per heavy atom. The fraction of sp³-hybridized carbons (Fsp3) is 1.00. The molecule has 1 heteroatoms. The van der Waals surface area contributed by atoms with Gasteiger partial charge in [-0.1, -0.05) is 60.8 Å². The van der Waals surface area contributed by atoms with Crippen LogP contribution in [0.2, 0.25) is 0 Å². The van der Waals surface area contributed by atoms with Gasteiger partial charge in [0.05, 0.1) is 0 Å². The van der Waals surface area contributed by atoms with E-state index in [4.69, 9.17) is 0 Å². The molecular formula is C17H35N. The normalized spacial score (nSPS) is 29.8. The van der Waals surface area contributed by atoms with E-state index < -0.39 is 0 Å². The molecule has 1 fully saturated rings. The third-order valence-corrected chi connectivity index (χ3v) is 5.57. The number of hydrogen-bond donors (Lipinski definition) is 1. The minimum atomic E-state index is 0.483. The van der Waals surface area contributed by atoms with Crippen molar-refractivity contribution >= 4 is 0 Å². The minimum Gasteiger partial charge on any atom is -0.314 e. The molecular weight excluding hydrogens is 218 g/mol. The van der Waals surface area contributed by atoms with Gasteiger partial charge in [0.15, 0.2) is 0 Å². The van der Waals surface area contributed by atoms with Crippen LogP contribution in [0.5, 0.6) is 0 Å². The first-order valence-electron chi connectivity index (χ1n) is 8.20. The second-order valence-corrected chi connectivity index (χ2v) is 7.02. The molecule has 0 saturated heterocycles. The van der Waals surface area contributed by atoms with Crippen molar-refractivity contribution in [2.45, 2.75) is 79.7 Å². The maximum absolute atomic E-state index is 3.77. The standard InChI is InChI=1S/C17H35N/c1-7-14(8-2)17(5,6)15-11-10-13(4)12-16(15)18-9-3/h13-16,18H,7-12H2,1-6H3. The summed E-state index contributed by atoms with van der Waals surface area (Å²) in [5, 5.41) is 3.77. The molecule has 1 N–H and O–H groups in total. The van der Waals surface area contributed by atoms with Crippen LogP contribution < -0.4 is 5.32 Å². The van der Waals surface area contributed by atoms with Crippen LogP contribution in [0, 0.1) is 23.2 Å². The summed E-state index contributed by atoms with van der Waals surface area (Å²) in [6, 6.07) is 0.745. The Morgan fingerprint density at radius 3 is 2.22 bits per heavy atom. The lowest BCUT2D eigenvalue weighted by molar-refractivity contribution is 0.0389. The molecule has 0 amide bonds. The smallest absolute Gasteiger partial charge is 0.0103 e. The van der Waals surface area contributed by atoms with Crippen molar-refractivity contribution in [3.63, 3.8) is 0 Å². The Kier molecular flexibility index (Phi) is 6.17. The Bertz CT molecular complexity index is 230. The fourth-order valence-corrected chi connectivity index (χ4v) is 4.40. The van der Waals surface area contributed by atoms with E-state index in [0.29, 0.717) is 5.41 Å². The van der Waals surface area contributed by atoms with E-state index >= 15 is 0 Å². The highest BCUT2D eigenvalue weighted by Gasteiger charge is 2.41. The lowest BCUT2D eigenvalue weighted by atomic mass is 9.60. The van der Waals surface area contributed by atoms with Crippen LogP contribution in [-0.2, 0) is 0 Å². The first kappa shape index (κ1) is 16.0. The van der Waals surface area contributed by atoms with Crippen LogP contribution >= 0.6 is 0 Å². The molecule has 1 aliphatic rings. The molecule has 0 heterocycles. The highest BCUT2D eigenvalue weighted by atomic mass is 14.9. The molecule has 0 bridgehead atoms. The lowest BCUT2D eigenvalue weighted by Gasteiger charge is -2.48. The summed E-state index contributed by atoms with van der Waals surface area (Å²) in [5.41, 5.74) is 0.483. The van der Waals surface area contributed by atoms with Crippen molar-refractivity contribution < 1.29 is 0 Å². The summed E-state index contributed by atoms with van der Waals surface area (Å²) < 4.78 is 0. The van der Waals surface area contributed by atoms with Gasteiger partial charge in [-0.25, -0.2) is 0 Å². The Hall–Kier alpha value is -0.0400. The summed E-state index contributed by atoms with van der Waals surface area (Å²) in [7, 11) is 0. The average Bonchev–Trinajstić information content (AvgIpc) is 2.30. The molecule has 1 nitrogen and oxygen atoms in total. The van der Waals surface area contributed by atoms with Gasteiger partial charge in [-0.15, -0.1) is 0 Å². The molecule has 3 atom stereocenters. The largest absolute Gasteiger partial charge is 0.314 e. The van der Waals surface area contributed by atoms with Crippen LogP contribution in [0.1, 0.15) is 73.6 Å². The molecule has 0 radical (unpaired) electrons. The van der Waals surface area contributed by atoms with Crippen molar-refractivity contribution in [1.29, 1.82) is 0 Å². The van der Waals surface area contributed by atoms with Crippen LogP contribution in [-0.4, -0.2) is 12.6 Å². The predicted molar refractivity (Wildman–Crippen MR) is 81.8 cm³/mol. The summed E-state index contributed by atoms with van der Waals surface area (Å²) in [4.78, 5) is 0. The van der Waals surface area contributed by atoms with Gasteiger partial charge in [0.2, 0.25) is 0 Å². The van der Waals surface area contributed by atoms with Crippen molar-refractivity contribution in [3.8, 4) is 0 Å². The minimum absolute atomic E-state index is 0.483. The van der Waals surface area contributed by atoms with Crippen LogP contribution in [0.15, 0.2) is 0 Å². The SMILES string of the molecule is CCNC1CC(C)CCC1C(C)(C)C(CC)CC. The zero-order valence-corrected chi connectivity index (χ0v) is 13.6. The number of rotatable bonds is 6. The van der Waals surface area contributed by atoms with Gasteiger partial charge >= 0.3 is 0 Å². The molecule has 0 aliphatic heterocycles. The molecule has 0 aromatic rings. The van der Waals surface area contributed by atoms with E-state index in [9.17, 15) is 0 Å². The van der Waals surface area contributed by atoms with E-state index in [0.717, 1.165) is 30.3 Å². The summed E-state index contributed by atoms with van der Waals surface area (Å²) in [6.07, 6.45) is 6.88. The Morgan fingerprint density at radius 1 is 1.11 bits per heavy atom. The average molecular weight is 253 g/mol. The first-order valence-corrected chi connectivity index (χ1v) is 8.20. The molecule has 1 saturated carbocycles. The van der Waals surface area contributed by atoms with E-state index in [1.807, 2.05) is 0 Å². The summed E-state index contributed by atoms with van der Waals surface area (Å²) >= 11 is 0. The monoisotopic (exact) mass is 253 g/mol. The van der Waals surface area contributed by atoms with Crippen molar-refractivity contribution in [2.75, 3.05) is 6.54 Å². The molecule has 3 unspecified atom stereocenters. The van der Waals surface area contributed by atoms with Crippen molar-refractivity contribution in [1.82, 2.24) is 5.32 Å². The van der Waals surface area contributed by atoms with Gasteiger partial charge in [0.1, 0.15) is 0 Å². The maximum atomic E-state index is 3.77. The molecule has 0 spiro atoms. The third kappa shape index (κ3) is 3.50. The summed E-state index contributed by atoms with van der Waals surface area (Å²) in [5.74, 6) is 2.64. The predicted octanol–water partition coefficient (Wildman–Crippen LogP) is 4.86. The zero-order valence-electron chi connectivity index (χ0n) is 13.6. The topological polar surface area (TPSA) is 12.0 Å². The van der Waals surface area contributed by atoms with E-state index in [2.05, 4.69) is 46.9 Å². The Labute approximate surface area is 115 Å². The van der Waals surface area contributed by atoms with Gasteiger partial charge in [-0.2, -0.15) is 0 Å². The van der Waals surface area contributed by atoms with E-state index in [1.165, 1.54) is 32.1 Å². The Balaban J connectivity index is 2.82. The number of hydrogen-bond acceptors (Lipinski definition) is 1. The molecule has 0 aromatic heterocycles. The quantitative estimate of drug-likeness (QED) is 0.712. The lowest BCUT2D eigenvalue weighted by Crippen LogP contribution is -2.49. The zero-order chi connectivity index (χ0) is 13.8. The highest BCUT2D eigenvalue weighted by molar-refractivity contribution is 4.94. The van der Waals surface area contributed by atoms with Crippen LogP contribution in [0.3, 0.4) is 0 Å². The third-order valence-electron chi connectivity index (χ3n) is 5.57. The fourth-order valence-electron chi connectivity index (χ4n) is 4.40. The van der Waals surface area contributed by atoms with Gasteiger partial charge in [-0.05, 0) is 42.6 Å². The second-order valence-electron chi connectivity index (χ2n) is 7.02. The van der Waals surface area contributed by atoms with Crippen molar-refractivity contribution in [3.05, 3.63) is 0 Å². The molecule has 18 heavy (non-hydrogen) atoms. The second kappa shape index (κ2) is 6.93. The van der Waals surface area contributed by atoms with E-state index in [1.54, 1.807) is 0 Å². The molecule has 1 aliphatic carbocycles. The van der Waals surface area contributed by atoms with Gasteiger partial charge in [0, 0.05) is 6.04 Å². The molecule has 1 rings (SSSR count). The molecule has 108 valence electrons. The number of nitrogens with one attached hydrogen (secondary N) is 1. The van der Waals surface area contributed by atoms with Crippen LogP contribution in [0.25, 0.3) is 0 Å². The summed E-state index contributed by atoms with van der Waals surface area (Å²) in [6.45, 7) is 15.6.